The molecule has 0 aliphatic heterocycles. The van der Waals surface area contributed by atoms with Gasteiger partial charge in [0.15, 0.2) is 12.1 Å². The molecule has 0 radical (unpaired) electrons. The second kappa shape index (κ2) is 7.07. The van der Waals surface area contributed by atoms with Crippen molar-refractivity contribution in [3.05, 3.63) is 47.2 Å². The van der Waals surface area contributed by atoms with Gasteiger partial charge >= 0.3 is 6.18 Å². The van der Waals surface area contributed by atoms with Crippen molar-refractivity contribution in [2.75, 3.05) is 17.6 Å². The van der Waals surface area contributed by atoms with Gasteiger partial charge in [-0.25, -0.2) is 4.98 Å². The molecule has 24 heavy (non-hydrogen) atoms. The summed E-state index contributed by atoms with van der Waals surface area (Å²) in [5, 5.41) is 2.64. The fraction of sp³-hybridized carbons (Fsp3) is 0.200. The molecule has 6 nitrogen and oxygen atoms in total. The number of rotatable bonds is 6. The molecule has 1 aromatic heterocycles. The van der Waals surface area contributed by atoms with E-state index in [0.29, 0.717) is 6.29 Å². The van der Waals surface area contributed by atoms with Crippen LogP contribution in [-0.2, 0) is 17.4 Å². The number of nitrogen functional groups attached to an aromatic ring is 1. The molecule has 0 bridgehead atoms. The highest BCUT2D eigenvalue weighted by Crippen LogP contribution is 2.29. The molecule has 0 unspecified atom stereocenters. The molecule has 126 valence electrons. The quantitative estimate of drug-likeness (QED) is 0.783. The number of anilines is 2. The van der Waals surface area contributed by atoms with Gasteiger partial charge < -0.3 is 11.1 Å². The Morgan fingerprint density at radius 2 is 2.08 bits per heavy atom. The SMILES string of the molecule is Nc1ncc(C=O)c(NCC(=O)Cc2cccc(C(F)(F)F)c2)n1. The Labute approximate surface area is 134 Å². The van der Waals surface area contributed by atoms with Gasteiger partial charge in [-0.15, -0.1) is 0 Å². The smallest absolute Gasteiger partial charge is 0.368 e. The predicted octanol–water partition coefficient (Wildman–Crippen LogP) is 2.11. The number of carbonyl (C=O) groups excluding carboxylic acids is 2. The molecule has 1 heterocycles. The molecule has 2 rings (SSSR count). The lowest BCUT2D eigenvalue weighted by molar-refractivity contribution is -0.137. The van der Waals surface area contributed by atoms with E-state index in [1.807, 2.05) is 0 Å². The van der Waals surface area contributed by atoms with Gasteiger partial charge in [0.25, 0.3) is 0 Å². The summed E-state index contributed by atoms with van der Waals surface area (Å²) in [6.07, 6.45) is -2.95. The van der Waals surface area contributed by atoms with Crippen LogP contribution >= 0.6 is 0 Å². The lowest BCUT2D eigenvalue weighted by Crippen LogP contribution is -2.18. The molecule has 0 atom stereocenters. The van der Waals surface area contributed by atoms with Crippen LogP contribution in [0.25, 0.3) is 0 Å². The first-order valence-electron chi connectivity index (χ1n) is 6.79. The first kappa shape index (κ1) is 17.4. The van der Waals surface area contributed by atoms with Gasteiger partial charge in [0.05, 0.1) is 17.7 Å². The van der Waals surface area contributed by atoms with Crippen LogP contribution in [0.15, 0.2) is 30.5 Å². The minimum absolute atomic E-state index is 0.0755. The molecule has 0 aliphatic carbocycles. The molecule has 2 aromatic rings. The number of carbonyl (C=O) groups is 2. The largest absolute Gasteiger partial charge is 0.416 e. The molecular weight excluding hydrogens is 325 g/mol. The maximum Gasteiger partial charge on any atom is 0.416 e. The van der Waals surface area contributed by atoms with E-state index >= 15 is 0 Å². The van der Waals surface area contributed by atoms with Crippen molar-refractivity contribution in [1.29, 1.82) is 0 Å². The Morgan fingerprint density at radius 1 is 1.33 bits per heavy atom. The zero-order chi connectivity index (χ0) is 17.7. The van der Waals surface area contributed by atoms with Gasteiger partial charge in [0, 0.05) is 12.6 Å². The number of nitrogens with two attached hydrogens (primary N) is 1. The number of aromatic nitrogens is 2. The van der Waals surface area contributed by atoms with Crippen molar-refractivity contribution in [2.45, 2.75) is 12.6 Å². The molecule has 0 saturated carbocycles. The Balaban J connectivity index is 2.02. The number of aldehydes is 1. The van der Waals surface area contributed by atoms with E-state index in [1.54, 1.807) is 0 Å². The normalized spacial score (nSPS) is 11.1. The first-order chi connectivity index (χ1) is 11.3. The molecular formula is C15H13F3N4O2. The Hall–Kier alpha value is -2.97. The van der Waals surface area contributed by atoms with Crippen LogP contribution in [-0.4, -0.2) is 28.6 Å². The summed E-state index contributed by atoms with van der Waals surface area (Å²) in [6.45, 7) is -0.215. The van der Waals surface area contributed by atoms with E-state index < -0.39 is 11.7 Å². The Kier molecular flexibility index (Phi) is 5.12. The van der Waals surface area contributed by atoms with Crippen molar-refractivity contribution >= 4 is 23.8 Å². The van der Waals surface area contributed by atoms with Gasteiger partial charge in [-0.1, -0.05) is 18.2 Å². The van der Waals surface area contributed by atoms with Gasteiger partial charge in [-0.2, -0.15) is 18.2 Å². The van der Waals surface area contributed by atoms with Crippen LogP contribution < -0.4 is 11.1 Å². The number of hydrogen-bond donors (Lipinski definition) is 2. The minimum Gasteiger partial charge on any atom is -0.368 e. The van der Waals surface area contributed by atoms with Crippen molar-refractivity contribution in [2.24, 2.45) is 0 Å². The minimum atomic E-state index is -4.46. The molecule has 3 N–H and O–H groups in total. The van der Waals surface area contributed by atoms with Crippen molar-refractivity contribution in [3.63, 3.8) is 0 Å². The van der Waals surface area contributed by atoms with Crippen molar-refractivity contribution in [3.8, 4) is 0 Å². The highest BCUT2D eigenvalue weighted by molar-refractivity contribution is 5.87. The van der Waals surface area contributed by atoms with Crippen LogP contribution in [0.1, 0.15) is 21.5 Å². The van der Waals surface area contributed by atoms with Crippen LogP contribution in [0.4, 0.5) is 24.9 Å². The highest BCUT2D eigenvalue weighted by Gasteiger charge is 2.30. The van der Waals surface area contributed by atoms with E-state index in [9.17, 15) is 22.8 Å². The van der Waals surface area contributed by atoms with Gasteiger partial charge in [0.2, 0.25) is 5.95 Å². The predicted molar refractivity (Wildman–Crippen MR) is 80.5 cm³/mol. The van der Waals surface area contributed by atoms with Crippen LogP contribution in [0.5, 0.6) is 0 Å². The molecule has 0 amide bonds. The standard InChI is InChI=1S/C15H13F3N4O2/c16-15(17,18)11-3-1-2-9(4-11)5-12(24)7-20-13-10(8-23)6-21-14(19)22-13/h1-4,6,8H,5,7H2,(H3,19,20,21,22). The highest BCUT2D eigenvalue weighted by atomic mass is 19.4. The molecule has 0 saturated heterocycles. The summed E-state index contributed by atoms with van der Waals surface area (Å²) >= 11 is 0. The van der Waals surface area contributed by atoms with E-state index in [1.165, 1.54) is 18.3 Å². The van der Waals surface area contributed by atoms with Crippen molar-refractivity contribution < 1.29 is 22.8 Å². The third-order valence-corrected chi connectivity index (χ3v) is 3.07. The molecule has 0 aliphatic rings. The van der Waals surface area contributed by atoms with Gasteiger partial charge in [0.1, 0.15) is 5.82 Å². The summed E-state index contributed by atoms with van der Waals surface area (Å²) in [4.78, 5) is 30.2. The molecule has 1 aromatic carbocycles. The number of Topliss-reactive ketones (excluding diaryl/α,β-unsaturated/α-hetero) is 1. The second-order valence-corrected chi connectivity index (χ2v) is 4.92. The summed E-state index contributed by atoms with van der Waals surface area (Å²) in [7, 11) is 0. The fourth-order valence-corrected chi connectivity index (χ4v) is 1.96. The Bertz CT molecular complexity index is 763. The van der Waals surface area contributed by atoms with E-state index in [0.717, 1.165) is 12.1 Å². The zero-order valence-electron chi connectivity index (χ0n) is 12.3. The van der Waals surface area contributed by atoms with Crippen molar-refractivity contribution in [1.82, 2.24) is 9.97 Å². The number of halogens is 3. The van der Waals surface area contributed by atoms with E-state index in [-0.39, 0.29) is 41.6 Å². The van der Waals surface area contributed by atoms with Crippen LogP contribution in [0.2, 0.25) is 0 Å². The average molecular weight is 338 g/mol. The third-order valence-electron chi connectivity index (χ3n) is 3.07. The summed E-state index contributed by atoms with van der Waals surface area (Å²) in [6, 6.07) is 4.55. The van der Waals surface area contributed by atoms with Crippen LogP contribution in [0.3, 0.4) is 0 Å². The molecule has 0 fully saturated rings. The Morgan fingerprint density at radius 3 is 2.75 bits per heavy atom. The van der Waals surface area contributed by atoms with Gasteiger partial charge in [-0.3, -0.25) is 9.59 Å². The number of benzene rings is 1. The topological polar surface area (TPSA) is 98.0 Å². The maximum atomic E-state index is 12.6. The number of nitrogens with one attached hydrogen (secondary N) is 1. The lowest BCUT2D eigenvalue weighted by atomic mass is 10.1. The number of nitrogens with zero attached hydrogens (tertiary/aromatic N) is 2. The monoisotopic (exact) mass is 338 g/mol. The maximum absolute atomic E-state index is 12.6. The lowest BCUT2D eigenvalue weighted by Gasteiger charge is -2.09. The van der Waals surface area contributed by atoms with Gasteiger partial charge in [-0.05, 0) is 11.6 Å². The van der Waals surface area contributed by atoms with Crippen LogP contribution in [0, 0.1) is 0 Å². The number of alkyl halides is 3. The molecule has 0 spiro atoms. The average Bonchev–Trinajstić information content (AvgIpc) is 2.52. The number of ketones is 1. The first-order valence-corrected chi connectivity index (χ1v) is 6.79. The summed E-state index contributed by atoms with van der Waals surface area (Å²) < 4.78 is 37.9. The zero-order valence-corrected chi connectivity index (χ0v) is 12.3. The second-order valence-electron chi connectivity index (χ2n) is 4.92. The third kappa shape index (κ3) is 4.51. The molecule has 9 heteroatoms. The number of hydrogen-bond acceptors (Lipinski definition) is 6. The summed E-state index contributed by atoms with van der Waals surface area (Å²) in [5.41, 5.74) is 4.95. The van der Waals surface area contributed by atoms with E-state index in [4.69, 9.17) is 5.73 Å². The summed E-state index contributed by atoms with van der Waals surface area (Å²) in [5.74, 6) is -0.355. The fourth-order valence-electron chi connectivity index (χ4n) is 1.96. The van der Waals surface area contributed by atoms with E-state index in [2.05, 4.69) is 15.3 Å².